The Bertz CT molecular complexity index is 525. The van der Waals surface area contributed by atoms with Crippen molar-refractivity contribution >= 4 is 43.2 Å². The molecule has 88 valence electrons. The van der Waals surface area contributed by atoms with Gasteiger partial charge < -0.3 is 0 Å². The number of rotatable bonds is 3. The predicted octanol–water partition coefficient (Wildman–Crippen LogP) is 2.77. The van der Waals surface area contributed by atoms with Crippen molar-refractivity contribution in [2.75, 3.05) is 6.26 Å². The summed E-state index contributed by atoms with van der Waals surface area (Å²) in [5.41, 5.74) is 0.581. The normalized spacial score (nSPS) is 13.5. The molecule has 0 amide bonds. The largest absolute Gasteiger partial charge is 0.298 e. The molecule has 0 saturated heterocycles. The Kier molecular flexibility index (Phi) is 4.15. The van der Waals surface area contributed by atoms with Crippen molar-refractivity contribution in [2.45, 2.75) is 16.6 Å². The molecular weight excluding hydrogens is 316 g/mol. The van der Waals surface area contributed by atoms with Crippen LogP contribution in [0.15, 0.2) is 23.1 Å². The van der Waals surface area contributed by atoms with Crippen molar-refractivity contribution in [3.05, 3.63) is 28.8 Å². The van der Waals surface area contributed by atoms with Crippen molar-refractivity contribution in [3.63, 3.8) is 0 Å². The smallest absolute Gasteiger partial charge is 0.177 e. The number of Topliss-reactive ketones (excluding diaryl/α,β-unsaturated/α-hetero) is 1. The predicted molar refractivity (Wildman–Crippen MR) is 66.9 cm³/mol. The zero-order valence-electron chi connectivity index (χ0n) is 8.70. The molecule has 0 aliphatic rings. The number of alkyl halides is 1. The van der Waals surface area contributed by atoms with Crippen LogP contribution >= 0.6 is 27.5 Å². The van der Waals surface area contributed by atoms with Gasteiger partial charge in [0.05, 0.1) is 14.7 Å². The maximum atomic E-state index is 11.4. The van der Waals surface area contributed by atoms with Gasteiger partial charge in [-0.1, -0.05) is 33.6 Å². The van der Waals surface area contributed by atoms with E-state index in [4.69, 9.17) is 11.6 Å². The fraction of sp³-hybridized carbons (Fsp3) is 0.300. The Morgan fingerprint density at radius 2 is 2.00 bits per heavy atom. The molecule has 1 aromatic rings. The molecule has 3 nitrogen and oxygen atoms in total. The Labute approximate surface area is 108 Å². The molecule has 0 radical (unpaired) electrons. The van der Waals surface area contributed by atoms with Gasteiger partial charge in [-0.15, -0.1) is 0 Å². The summed E-state index contributed by atoms with van der Waals surface area (Å²) in [5.74, 6) is -0.0956. The summed E-state index contributed by atoms with van der Waals surface area (Å²) in [4.78, 5) is 10.7. The third kappa shape index (κ3) is 3.06. The topological polar surface area (TPSA) is 51.2 Å². The first-order valence-corrected chi connectivity index (χ1v) is 7.56. The van der Waals surface area contributed by atoms with E-state index in [0.717, 1.165) is 6.26 Å². The highest BCUT2D eigenvalue weighted by molar-refractivity contribution is 9.09. The van der Waals surface area contributed by atoms with Crippen LogP contribution in [-0.2, 0) is 14.6 Å². The molecule has 1 atom stereocenters. The van der Waals surface area contributed by atoms with Gasteiger partial charge >= 0.3 is 0 Å². The van der Waals surface area contributed by atoms with E-state index in [1.807, 2.05) is 0 Å². The zero-order chi connectivity index (χ0) is 12.5. The van der Waals surface area contributed by atoms with Crippen LogP contribution in [0.1, 0.15) is 17.3 Å². The highest BCUT2D eigenvalue weighted by atomic mass is 79.9. The van der Waals surface area contributed by atoms with Gasteiger partial charge in [0, 0.05) is 6.26 Å². The highest BCUT2D eigenvalue weighted by Crippen LogP contribution is 2.29. The summed E-state index contributed by atoms with van der Waals surface area (Å²) in [7, 11) is -3.38. The minimum atomic E-state index is -3.38. The van der Waals surface area contributed by atoms with Crippen molar-refractivity contribution < 1.29 is 13.2 Å². The third-order valence-electron chi connectivity index (χ3n) is 2.00. The van der Waals surface area contributed by atoms with Gasteiger partial charge in [0.25, 0.3) is 0 Å². The maximum Gasteiger partial charge on any atom is 0.177 e. The van der Waals surface area contributed by atoms with Crippen molar-refractivity contribution in [1.82, 2.24) is 0 Å². The lowest BCUT2D eigenvalue weighted by Gasteiger charge is -2.09. The third-order valence-corrected chi connectivity index (χ3v) is 4.76. The molecule has 0 aliphatic heterocycles. The Morgan fingerprint density at radius 3 is 2.44 bits per heavy atom. The SMILES string of the molecule is CC(=O)[C@@H](Br)c1ccc(Cl)c(S(C)(=O)=O)c1. The van der Waals surface area contributed by atoms with E-state index < -0.39 is 14.7 Å². The molecule has 0 unspecified atom stereocenters. The van der Waals surface area contributed by atoms with Crippen LogP contribution in [0, 0.1) is 0 Å². The van der Waals surface area contributed by atoms with Gasteiger partial charge in [0.1, 0.15) is 5.78 Å². The second-order valence-corrected chi connectivity index (χ2v) is 6.74. The molecular formula is C10H10BrClO3S. The van der Waals surface area contributed by atoms with Gasteiger partial charge in [-0.25, -0.2) is 8.42 Å². The second-order valence-electron chi connectivity index (χ2n) is 3.44. The van der Waals surface area contributed by atoms with E-state index in [2.05, 4.69) is 15.9 Å². The molecule has 0 heterocycles. The van der Waals surface area contributed by atoms with Crippen LogP contribution in [0.2, 0.25) is 5.02 Å². The standard InChI is InChI=1S/C10H10BrClO3S/c1-6(13)10(11)7-3-4-8(12)9(5-7)16(2,14)15/h3-5,10H,1-2H3/t10-/m1/s1. The summed E-state index contributed by atoms with van der Waals surface area (Å²) in [6, 6.07) is 4.51. The summed E-state index contributed by atoms with van der Waals surface area (Å²) in [6.07, 6.45) is 1.08. The Balaban J connectivity index is 3.34. The lowest BCUT2D eigenvalue weighted by molar-refractivity contribution is -0.116. The number of carbonyl (C=O) groups is 1. The fourth-order valence-corrected chi connectivity index (χ4v) is 2.79. The van der Waals surface area contributed by atoms with E-state index >= 15 is 0 Å². The van der Waals surface area contributed by atoms with E-state index in [0.29, 0.717) is 5.56 Å². The maximum absolute atomic E-state index is 11.4. The minimum Gasteiger partial charge on any atom is -0.298 e. The number of carbonyl (C=O) groups excluding carboxylic acids is 1. The number of hydrogen-bond acceptors (Lipinski definition) is 3. The van der Waals surface area contributed by atoms with Gasteiger partial charge in [-0.3, -0.25) is 4.79 Å². The molecule has 0 bridgehead atoms. The summed E-state index contributed by atoms with van der Waals surface area (Å²) < 4.78 is 22.8. The van der Waals surface area contributed by atoms with Gasteiger partial charge in [-0.05, 0) is 24.6 Å². The lowest BCUT2D eigenvalue weighted by atomic mass is 10.1. The number of halogens is 2. The molecule has 6 heteroatoms. The van der Waals surface area contributed by atoms with Crippen LogP contribution < -0.4 is 0 Å². The summed E-state index contributed by atoms with van der Waals surface area (Å²) in [5, 5.41) is 0.162. The monoisotopic (exact) mass is 324 g/mol. The number of benzene rings is 1. The summed E-state index contributed by atoms with van der Waals surface area (Å²) >= 11 is 8.97. The van der Waals surface area contributed by atoms with Crippen LogP contribution in [-0.4, -0.2) is 20.5 Å². The van der Waals surface area contributed by atoms with Gasteiger partial charge in [0.15, 0.2) is 9.84 Å². The van der Waals surface area contributed by atoms with E-state index in [-0.39, 0.29) is 15.7 Å². The van der Waals surface area contributed by atoms with Crippen molar-refractivity contribution in [2.24, 2.45) is 0 Å². The van der Waals surface area contributed by atoms with E-state index in [1.165, 1.54) is 19.1 Å². The van der Waals surface area contributed by atoms with Crippen LogP contribution in [0.3, 0.4) is 0 Å². The van der Waals surface area contributed by atoms with Crippen LogP contribution in [0.4, 0.5) is 0 Å². The molecule has 0 fully saturated rings. The van der Waals surface area contributed by atoms with Crippen molar-refractivity contribution in [1.29, 1.82) is 0 Å². The molecule has 1 aromatic carbocycles. The Hall–Kier alpha value is -0.390. The number of hydrogen-bond donors (Lipinski definition) is 0. The van der Waals surface area contributed by atoms with Gasteiger partial charge in [0.2, 0.25) is 0 Å². The molecule has 16 heavy (non-hydrogen) atoms. The van der Waals surface area contributed by atoms with E-state index in [9.17, 15) is 13.2 Å². The first-order chi connectivity index (χ1) is 7.23. The summed E-state index contributed by atoms with van der Waals surface area (Å²) in [6.45, 7) is 1.42. The fourth-order valence-electron chi connectivity index (χ4n) is 1.20. The molecule has 0 aliphatic carbocycles. The first-order valence-electron chi connectivity index (χ1n) is 4.37. The average molecular weight is 326 g/mol. The quantitative estimate of drug-likeness (QED) is 0.803. The molecule has 0 saturated carbocycles. The minimum absolute atomic E-state index is 0.0392. The average Bonchev–Trinajstić information content (AvgIpc) is 2.15. The number of sulfone groups is 1. The first kappa shape index (κ1) is 13.7. The van der Waals surface area contributed by atoms with Crippen LogP contribution in [0.25, 0.3) is 0 Å². The van der Waals surface area contributed by atoms with Gasteiger partial charge in [-0.2, -0.15) is 0 Å². The lowest BCUT2D eigenvalue weighted by Crippen LogP contribution is -2.04. The molecule has 0 spiro atoms. The zero-order valence-corrected chi connectivity index (χ0v) is 11.9. The van der Waals surface area contributed by atoms with Crippen LogP contribution in [0.5, 0.6) is 0 Å². The van der Waals surface area contributed by atoms with E-state index in [1.54, 1.807) is 6.07 Å². The van der Waals surface area contributed by atoms with Crippen molar-refractivity contribution in [3.8, 4) is 0 Å². The Morgan fingerprint density at radius 1 is 1.44 bits per heavy atom. The number of ketones is 1. The molecule has 0 N–H and O–H groups in total. The molecule has 1 rings (SSSR count). The highest BCUT2D eigenvalue weighted by Gasteiger charge is 2.18. The second kappa shape index (κ2) is 4.85. The molecule has 0 aromatic heterocycles.